The molecule has 1 aliphatic heterocycles. The number of nitrogens with zero attached hydrogens (tertiary/aromatic N) is 2. The monoisotopic (exact) mass is 348 g/mol. The van der Waals surface area contributed by atoms with E-state index in [1.807, 2.05) is 48.5 Å². The number of para-hydroxylation sites is 1. The molecule has 0 amide bonds. The molecule has 4 rings (SSSR count). The summed E-state index contributed by atoms with van der Waals surface area (Å²) in [5.41, 5.74) is 3.56. The summed E-state index contributed by atoms with van der Waals surface area (Å²) < 4.78 is 16.8. The first-order valence-electron chi connectivity index (χ1n) is 8.65. The molecule has 0 spiro atoms. The van der Waals surface area contributed by atoms with Crippen LogP contribution in [0, 0.1) is 5.92 Å². The predicted molar refractivity (Wildman–Crippen MR) is 99.4 cm³/mol. The molecule has 0 N–H and O–H groups in total. The molecule has 1 aromatic heterocycles. The van der Waals surface area contributed by atoms with Crippen LogP contribution in [0.15, 0.2) is 54.9 Å². The number of ether oxygens (including phenoxy) is 3. The highest BCUT2D eigenvalue weighted by Gasteiger charge is 2.15. The second kappa shape index (κ2) is 7.04. The van der Waals surface area contributed by atoms with E-state index < -0.39 is 0 Å². The van der Waals surface area contributed by atoms with Gasteiger partial charge in [0.2, 0.25) is 6.79 Å². The molecule has 0 unspecified atom stereocenters. The van der Waals surface area contributed by atoms with E-state index >= 15 is 0 Å². The molecule has 0 aliphatic carbocycles. The second-order valence-electron chi connectivity index (χ2n) is 6.56. The molecule has 2 heterocycles. The first-order chi connectivity index (χ1) is 12.7. The smallest absolute Gasteiger partial charge is 0.231 e. The van der Waals surface area contributed by atoms with Crippen molar-refractivity contribution in [1.82, 2.24) is 9.97 Å². The molecular weight excluding hydrogens is 328 g/mol. The average molecular weight is 348 g/mol. The van der Waals surface area contributed by atoms with Gasteiger partial charge in [0, 0.05) is 11.1 Å². The third-order valence-electron chi connectivity index (χ3n) is 4.07. The van der Waals surface area contributed by atoms with Crippen LogP contribution in [-0.4, -0.2) is 23.4 Å². The molecular formula is C21H20N2O3. The third-order valence-corrected chi connectivity index (χ3v) is 4.07. The van der Waals surface area contributed by atoms with Crippen molar-refractivity contribution >= 4 is 0 Å². The highest BCUT2D eigenvalue weighted by atomic mass is 16.7. The standard InChI is InChI=1S/C21H20N2O3/c1-14(2)11-24-19-6-4-3-5-16(19)18-10-17(22-12-23-18)15-7-8-20-21(9-15)26-13-25-20/h3-10,12,14H,11,13H2,1-2H3. The summed E-state index contributed by atoms with van der Waals surface area (Å²) in [6, 6.07) is 15.7. The van der Waals surface area contributed by atoms with Gasteiger partial charge in [0.15, 0.2) is 11.5 Å². The van der Waals surface area contributed by atoms with Gasteiger partial charge in [-0.05, 0) is 42.3 Å². The fraction of sp³-hybridized carbons (Fsp3) is 0.238. The van der Waals surface area contributed by atoms with Gasteiger partial charge in [-0.25, -0.2) is 9.97 Å². The van der Waals surface area contributed by atoms with E-state index in [2.05, 4.69) is 23.8 Å². The molecule has 0 saturated heterocycles. The van der Waals surface area contributed by atoms with E-state index in [1.54, 1.807) is 6.33 Å². The zero-order chi connectivity index (χ0) is 17.9. The van der Waals surface area contributed by atoms with Crippen LogP contribution < -0.4 is 14.2 Å². The molecule has 132 valence electrons. The van der Waals surface area contributed by atoms with Gasteiger partial charge in [-0.3, -0.25) is 0 Å². The lowest BCUT2D eigenvalue weighted by Crippen LogP contribution is -2.05. The van der Waals surface area contributed by atoms with Gasteiger partial charge in [-0.1, -0.05) is 26.0 Å². The van der Waals surface area contributed by atoms with Crippen LogP contribution >= 0.6 is 0 Å². The Labute approximate surface area is 152 Å². The molecule has 26 heavy (non-hydrogen) atoms. The Morgan fingerprint density at radius 1 is 0.962 bits per heavy atom. The van der Waals surface area contributed by atoms with Gasteiger partial charge < -0.3 is 14.2 Å². The van der Waals surface area contributed by atoms with Crippen LogP contribution in [0.2, 0.25) is 0 Å². The highest BCUT2D eigenvalue weighted by Crippen LogP contribution is 2.36. The number of hydrogen-bond acceptors (Lipinski definition) is 5. The van der Waals surface area contributed by atoms with Crippen molar-refractivity contribution in [2.75, 3.05) is 13.4 Å². The molecule has 2 aromatic carbocycles. The molecule has 1 aliphatic rings. The van der Waals surface area contributed by atoms with Crippen molar-refractivity contribution in [2.24, 2.45) is 5.92 Å². The lowest BCUT2D eigenvalue weighted by Gasteiger charge is -2.13. The zero-order valence-corrected chi connectivity index (χ0v) is 14.8. The van der Waals surface area contributed by atoms with Crippen LogP contribution in [0.1, 0.15) is 13.8 Å². The minimum Gasteiger partial charge on any atom is -0.493 e. The van der Waals surface area contributed by atoms with E-state index in [1.165, 1.54) is 0 Å². The predicted octanol–water partition coefficient (Wildman–Crippen LogP) is 4.57. The minimum atomic E-state index is 0.258. The van der Waals surface area contributed by atoms with Gasteiger partial charge in [0.05, 0.1) is 18.0 Å². The zero-order valence-electron chi connectivity index (χ0n) is 14.8. The van der Waals surface area contributed by atoms with Gasteiger partial charge in [0.25, 0.3) is 0 Å². The number of benzene rings is 2. The Hall–Kier alpha value is -3.08. The van der Waals surface area contributed by atoms with Gasteiger partial charge in [0.1, 0.15) is 12.1 Å². The van der Waals surface area contributed by atoms with Gasteiger partial charge >= 0.3 is 0 Å². The van der Waals surface area contributed by atoms with Gasteiger partial charge in [-0.15, -0.1) is 0 Å². The topological polar surface area (TPSA) is 53.5 Å². The molecule has 0 fully saturated rings. The minimum absolute atomic E-state index is 0.258. The summed E-state index contributed by atoms with van der Waals surface area (Å²) >= 11 is 0. The van der Waals surface area contributed by atoms with Crippen LogP contribution in [0.25, 0.3) is 22.5 Å². The fourth-order valence-electron chi connectivity index (χ4n) is 2.78. The maximum absolute atomic E-state index is 5.96. The summed E-state index contributed by atoms with van der Waals surface area (Å²) in [5.74, 6) is 2.79. The highest BCUT2D eigenvalue weighted by molar-refractivity contribution is 5.72. The van der Waals surface area contributed by atoms with E-state index in [0.29, 0.717) is 12.5 Å². The summed E-state index contributed by atoms with van der Waals surface area (Å²) in [6.07, 6.45) is 1.58. The van der Waals surface area contributed by atoms with Crippen LogP contribution in [0.4, 0.5) is 0 Å². The number of aromatic nitrogens is 2. The van der Waals surface area contributed by atoms with Crippen molar-refractivity contribution in [3.8, 4) is 39.8 Å². The van der Waals surface area contributed by atoms with Gasteiger partial charge in [-0.2, -0.15) is 0 Å². The van der Waals surface area contributed by atoms with Crippen molar-refractivity contribution in [1.29, 1.82) is 0 Å². The van der Waals surface area contributed by atoms with Crippen molar-refractivity contribution < 1.29 is 14.2 Å². The van der Waals surface area contributed by atoms with Crippen LogP contribution in [0.5, 0.6) is 17.2 Å². The summed E-state index contributed by atoms with van der Waals surface area (Å²) in [6.45, 7) is 5.18. The number of fused-ring (bicyclic) bond motifs is 1. The Bertz CT molecular complexity index is 925. The maximum atomic E-state index is 5.96. The molecule has 5 nitrogen and oxygen atoms in total. The number of rotatable bonds is 5. The molecule has 3 aromatic rings. The Morgan fingerprint density at radius 3 is 2.65 bits per heavy atom. The lowest BCUT2D eigenvalue weighted by atomic mass is 10.1. The summed E-state index contributed by atoms with van der Waals surface area (Å²) in [5, 5.41) is 0. The first-order valence-corrected chi connectivity index (χ1v) is 8.65. The molecule has 0 bridgehead atoms. The normalized spacial score (nSPS) is 12.4. The Balaban J connectivity index is 1.68. The Kier molecular flexibility index (Phi) is 4.44. The van der Waals surface area contributed by atoms with E-state index in [-0.39, 0.29) is 6.79 Å². The average Bonchev–Trinajstić information content (AvgIpc) is 3.14. The first kappa shape index (κ1) is 16.4. The van der Waals surface area contributed by atoms with Crippen LogP contribution in [-0.2, 0) is 0 Å². The number of hydrogen-bond donors (Lipinski definition) is 0. The maximum Gasteiger partial charge on any atom is 0.231 e. The van der Waals surface area contributed by atoms with Crippen molar-refractivity contribution in [3.05, 3.63) is 54.9 Å². The molecule has 5 heteroatoms. The largest absolute Gasteiger partial charge is 0.493 e. The van der Waals surface area contributed by atoms with Crippen LogP contribution in [0.3, 0.4) is 0 Å². The SMILES string of the molecule is CC(C)COc1ccccc1-c1cc(-c2ccc3c(c2)OCO3)ncn1. The lowest BCUT2D eigenvalue weighted by molar-refractivity contribution is 0.174. The summed E-state index contributed by atoms with van der Waals surface area (Å²) in [7, 11) is 0. The molecule has 0 atom stereocenters. The van der Waals surface area contributed by atoms with Crippen molar-refractivity contribution in [3.63, 3.8) is 0 Å². The second-order valence-corrected chi connectivity index (χ2v) is 6.56. The van der Waals surface area contributed by atoms with E-state index in [9.17, 15) is 0 Å². The summed E-state index contributed by atoms with van der Waals surface area (Å²) in [4.78, 5) is 8.86. The van der Waals surface area contributed by atoms with E-state index in [4.69, 9.17) is 14.2 Å². The molecule has 0 saturated carbocycles. The van der Waals surface area contributed by atoms with E-state index in [0.717, 1.165) is 39.8 Å². The molecule has 0 radical (unpaired) electrons. The quantitative estimate of drug-likeness (QED) is 0.676. The van der Waals surface area contributed by atoms with Crippen molar-refractivity contribution in [2.45, 2.75) is 13.8 Å². The Morgan fingerprint density at radius 2 is 1.77 bits per heavy atom. The fourth-order valence-corrected chi connectivity index (χ4v) is 2.78. The third kappa shape index (κ3) is 3.33.